The fraction of sp³-hybridized carbons (Fsp3) is 0.278. The number of ether oxygens (including phenoxy) is 2. The number of para-hydroxylation sites is 1. The molecule has 2 aromatic rings. The van der Waals surface area contributed by atoms with Gasteiger partial charge >= 0.3 is 0 Å². The Labute approximate surface area is 124 Å². The lowest BCUT2D eigenvalue weighted by atomic mass is 9.96. The first-order chi connectivity index (χ1) is 10.2. The average Bonchev–Trinajstić information content (AvgIpc) is 2.54. The summed E-state index contributed by atoms with van der Waals surface area (Å²) in [6, 6.07) is 11.3. The third-order valence-electron chi connectivity index (χ3n) is 3.85. The van der Waals surface area contributed by atoms with Gasteiger partial charge in [0.05, 0.1) is 19.3 Å². The van der Waals surface area contributed by atoms with E-state index in [2.05, 4.69) is 0 Å². The van der Waals surface area contributed by atoms with Gasteiger partial charge in [-0.15, -0.1) is 0 Å². The highest BCUT2D eigenvalue weighted by molar-refractivity contribution is 6.11. The molecule has 3 nitrogen and oxygen atoms in total. The zero-order chi connectivity index (χ0) is 14.8. The molecule has 108 valence electrons. The van der Waals surface area contributed by atoms with E-state index in [-0.39, 0.29) is 5.78 Å². The Kier molecular flexibility index (Phi) is 3.65. The number of hydrogen-bond acceptors (Lipinski definition) is 3. The number of benzene rings is 2. The van der Waals surface area contributed by atoms with Gasteiger partial charge in [-0.3, -0.25) is 4.79 Å². The number of rotatable bonds is 3. The molecular formula is C18H18O3. The number of methoxy groups -OCH3 is 1. The Bertz CT molecular complexity index is 689. The van der Waals surface area contributed by atoms with Crippen molar-refractivity contribution in [3.8, 4) is 11.5 Å². The summed E-state index contributed by atoms with van der Waals surface area (Å²) in [5, 5.41) is 0. The zero-order valence-corrected chi connectivity index (χ0v) is 12.3. The molecule has 0 saturated carbocycles. The van der Waals surface area contributed by atoms with E-state index in [4.69, 9.17) is 9.47 Å². The summed E-state index contributed by atoms with van der Waals surface area (Å²) in [6.45, 7) is 2.63. The number of hydrogen-bond donors (Lipinski definition) is 0. The van der Waals surface area contributed by atoms with E-state index >= 15 is 0 Å². The van der Waals surface area contributed by atoms with Crippen molar-refractivity contribution < 1.29 is 14.3 Å². The molecule has 1 aliphatic rings. The maximum Gasteiger partial charge on any atom is 0.196 e. The van der Waals surface area contributed by atoms with Gasteiger partial charge in [0.1, 0.15) is 11.5 Å². The van der Waals surface area contributed by atoms with Crippen LogP contribution in [0.3, 0.4) is 0 Å². The standard InChI is InChI=1S/C18H18O3/c1-12-8-9-14(11-16(12)20-2)17(19)15-7-3-5-13-6-4-10-21-18(13)15/h3,5,7-9,11H,4,6,10H2,1-2H3. The van der Waals surface area contributed by atoms with Crippen molar-refractivity contribution in [3.63, 3.8) is 0 Å². The molecule has 0 N–H and O–H groups in total. The van der Waals surface area contributed by atoms with E-state index < -0.39 is 0 Å². The summed E-state index contributed by atoms with van der Waals surface area (Å²) < 4.78 is 11.0. The quantitative estimate of drug-likeness (QED) is 0.807. The molecule has 0 atom stereocenters. The Balaban J connectivity index is 2.03. The molecule has 21 heavy (non-hydrogen) atoms. The Morgan fingerprint density at radius 2 is 2.10 bits per heavy atom. The van der Waals surface area contributed by atoms with Crippen molar-refractivity contribution in [2.45, 2.75) is 19.8 Å². The van der Waals surface area contributed by atoms with Crippen LogP contribution in [0.1, 0.15) is 33.5 Å². The number of fused-ring (bicyclic) bond motifs is 1. The predicted molar refractivity (Wildman–Crippen MR) is 81.4 cm³/mol. The second-order valence-electron chi connectivity index (χ2n) is 5.26. The van der Waals surface area contributed by atoms with Crippen molar-refractivity contribution in [2.24, 2.45) is 0 Å². The molecule has 0 radical (unpaired) electrons. The molecule has 1 heterocycles. The largest absolute Gasteiger partial charge is 0.496 e. The molecule has 0 spiro atoms. The second-order valence-corrected chi connectivity index (χ2v) is 5.26. The molecule has 3 rings (SSSR count). The lowest BCUT2D eigenvalue weighted by Gasteiger charge is -2.19. The molecule has 0 bridgehead atoms. The van der Waals surface area contributed by atoms with E-state index in [0.717, 1.165) is 35.5 Å². The Hall–Kier alpha value is -2.29. The smallest absolute Gasteiger partial charge is 0.196 e. The van der Waals surface area contributed by atoms with Crippen LogP contribution < -0.4 is 9.47 Å². The minimum Gasteiger partial charge on any atom is -0.496 e. The molecule has 0 amide bonds. The van der Waals surface area contributed by atoms with Gasteiger partial charge in [0.2, 0.25) is 0 Å². The number of carbonyl (C=O) groups excluding carboxylic acids is 1. The van der Waals surface area contributed by atoms with E-state index in [1.54, 1.807) is 13.2 Å². The normalized spacial score (nSPS) is 13.2. The number of carbonyl (C=O) groups is 1. The molecular weight excluding hydrogens is 264 g/mol. The van der Waals surface area contributed by atoms with Crippen LogP contribution in [-0.4, -0.2) is 19.5 Å². The van der Waals surface area contributed by atoms with Gasteiger partial charge in [0, 0.05) is 5.56 Å². The molecule has 1 aliphatic heterocycles. The summed E-state index contributed by atoms with van der Waals surface area (Å²) in [4.78, 5) is 12.8. The fourth-order valence-corrected chi connectivity index (χ4v) is 2.68. The minimum absolute atomic E-state index is 0.0212. The molecule has 0 saturated heterocycles. The van der Waals surface area contributed by atoms with Crippen LogP contribution in [0.15, 0.2) is 36.4 Å². The van der Waals surface area contributed by atoms with Gasteiger partial charge in [0.15, 0.2) is 5.78 Å². The van der Waals surface area contributed by atoms with Crippen molar-refractivity contribution in [1.82, 2.24) is 0 Å². The van der Waals surface area contributed by atoms with Gasteiger partial charge in [-0.05, 0) is 43.0 Å². The maximum atomic E-state index is 12.8. The van der Waals surface area contributed by atoms with E-state index in [1.807, 2.05) is 37.3 Å². The summed E-state index contributed by atoms with van der Waals surface area (Å²) >= 11 is 0. The van der Waals surface area contributed by atoms with Crippen LogP contribution in [0.2, 0.25) is 0 Å². The predicted octanol–water partition coefficient (Wildman–Crippen LogP) is 3.56. The monoisotopic (exact) mass is 282 g/mol. The highest BCUT2D eigenvalue weighted by Gasteiger charge is 2.20. The van der Waals surface area contributed by atoms with Crippen LogP contribution in [0, 0.1) is 6.92 Å². The first-order valence-electron chi connectivity index (χ1n) is 7.14. The van der Waals surface area contributed by atoms with E-state index in [0.29, 0.717) is 17.7 Å². The third kappa shape index (κ3) is 2.51. The highest BCUT2D eigenvalue weighted by Crippen LogP contribution is 2.31. The van der Waals surface area contributed by atoms with Gasteiger partial charge in [-0.2, -0.15) is 0 Å². The Morgan fingerprint density at radius 3 is 2.90 bits per heavy atom. The summed E-state index contributed by atoms with van der Waals surface area (Å²) in [7, 11) is 1.62. The molecule has 0 unspecified atom stereocenters. The minimum atomic E-state index is -0.0212. The Morgan fingerprint density at radius 1 is 1.24 bits per heavy atom. The number of ketones is 1. The average molecular weight is 282 g/mol. The topological polar surface area (TPSA) is 35.5 Å². The lowest BCUT2D eigenvalue weighted by Crippen LogP contribution is -2.13. The first-order valence-corrected chi connectivity index (χ1v) is 7.14. The van der Waals surface area contributed by atoms with Crippen LogP contribution in [0.4, 0.5) is 0 Å². The van der Waals surface area contributed by atoms with Crippen molar-refractivity contribution in [3.05, 3.63) is 58.7 Å². The molecule has 2 aromatic carbocycles. The summed E-state index contributed by atoms with van der Waals surface area (Å²) in [5.74, 6) is 1.45. The summed E-state index contributed by atoms with van der Waals surface area (Å²) in [6.07, 6.45) is 1.97. The number of aryl methyl sites for hydroxylation is 2. The molecule has 0 aliphatic carbocycles. The first kappa shape index (κ1) is 13.7. The maximum absolute atomic E-state index is 12.8. The molecule has 0 fully saturated rings. The van der Waals surface area contributed by atoms with Crippen molar-refractivity contribution in [1.29, 1.82) is 0 Å². The zero-order valence-electron chi connectivity index (χ0n) is 12.3. The van der Waals surface area contributed by atoms with E-state index in [9.17, 15) is 4.79 Å². The van der Waals surface area contributed by atoms with Gasteiger partial charge < -0.3 is 9.47 Å². The van der Waals surface area contributed by atoms with Gasteiger partial charge in [-0.1, -0.05) is 24.3 Å². The van der Waals surface area contributed by atoms with Crippen LogP contribution >= 0.6 is 0 Å². The fourth-order valence-electron chi connectivity index (χ4n) is 2.68. The van der Waals surface area contributed by atoms with Crippen LogP contribution in [0.25, 0.3) is 0 Å². The van der Waals surface area contributed by atoms with Crippen molar-refractivity contribution >= 4 is 5.78 Å². The van der Waals surface area contributed by atoms with Crippen LogP contribution in [0.5, 0.6) is 11.5 Å². The SMILES string of the molecule is COc1cc(C(=O)c2cccc3c2OCCC3)ccc1C. The molecule has 3 heteroatoms. The third-order valence-corrected chi connectivity index (χ3v) is 3.85. The van der Waals surface area contributed by atoms with Gasteiger partial charge in [-0.25, -0.2) is 0 Å². The lowest BCUT2D eigenvalue weighted by molar-refractivity contribution is 0.103. The summed E-state index contributed by atoms with van der Waals surface area (Å²) in [5.41, 5.74) is 3.39. The van der Waals surface area contributed by atoms with Crippen LogP contribution in [-0.2, 0) is 6.42 Å². The highest BCUT2D eigenvalue weighted by atomic mass is 16.5. The van der Waals surface area contributed by atoms with E-state index in [1.165, 1.54) is 0 Å². The van der Waals surface area contributed by atoms with Gasteiger partial charge in [0.25, 0.3) is 0 Å². The second kappa shape index (κ2) is 5.60. The van der Waals surface area contributed by atoms with Crippen molar-refractivity contribution in [2.75, 3.05) is 13.7 Å². The molecule has 0 aromatic heterocycles.